The Morgan fingerprint density at radius 3 is 1.88 bits per heavy atom. The van der Waals surface area contributed by atoms with Gasteiger partial charge in [-0.25, -0.2) is 4.79 Å². The molecule has 0 saturated heterocycles. The lowest BCUT2D eigenvalue weighted by Crippen LogP contribution is -2.10. The van der Waals surface area contributed by atoms with Crippen LogP contribution < -0.4 is 0 Å². The van der Waals surface area contributed by atoms with E-state index in [2.05, 4.69) is 6.07 Å². The molecule has 2 nitrogen and oxygen atoms in total. The van der Waals surface area contributed by atoms with E-state index in [0.29, 0.717) is 5.56 Å². The largest absolute Gasteiger partial charge is 0.454 e. The lowest BCUT2D eigenvalue weighted by atomic mass is 9.97. The molecule has 0 unspecified atom stereocenters. The van der Waals surface area contributed by atoms with Crippen LogP contribution in [0.1, 0.15) is 28.9 Å². The van der Waals surface area contributed by atoms with Gasteiger partial charge in [-0.2, -0.15) is 0 Å². The minimum atomic E-state index is -0.300. The van der Waals surface area contributed by atoms with E-state index >= 15 is 0 Å². The Kier molecular flexibility index (Phi) is 3.95. The molecule has 0 N–H and O–H groups in total. The first kappa shape index (κ1) is 15.4. The summed E-state index contributed by atoms with van der Waals surface area (Å²) < 4.78 is 5.80. The Balaban J connectivity index is 1.82. The monoisotopic (exact) mass is 326 g/mol. The molecule has 0 bridgehead atoms. The van der Waals surface area contributed by atoms with Crippen molar-refractivity contribution in [1.29, 1.82) is 0 Å². The number of carbonyl (C=O) groups excluding carboxylic acids is 1. The van der Waals surface area contributed by atoms with E-state index in [4.69, 9.17) is 4.74 Å². The van der Waals surface area contributed by atoms with Gasteiger partial charge in [-0.15, -0.1) is 0 Å². The van der Waals surface area contributed by atoms with Crippen molar-refractivity contribution in [2.45, 2.75) is 13.0 Å². The van der Waals surface area contributed by atoms with Crippen molar-refractivity contribution in [3.8, 4) is 0 Å². The molecule has 1 atom stereocenters. The van der Waals surface area contributed by atoms with Gasteiger partial charge in [0.15, 0.2) is 0 Å². The molecule has 0 aliphatic heterocycles. The molecule has 0 spiro atoms. The number of benzene rings is 4. The van der Waals surface area contributed by atoms with Crippen LogP contribution in [0.5, 0.6) is 0 Å². The number of rotatable bonds is 3. The Bertz CT molecular complexity index is 997. The Morgan fingerprint density at radius 2 is 1.28 bits per heavy atom. The number of carbonyl (C=O) groups is 1. The summed E-state index contributed by atoms with van der Waals surface area (Å²) in [7, 11) is 0. The molecule has 0 saturated carbocycles. The second-order valence-electron chi connectivity index (χ2n) is 6.15. The summed E-state index contributed by atoms with van der Waals surface area (Å²) in [5, 5.41) is 3.93. The fourth-order valence-electron chi connectivity index (χ4n) is 3.25. The quantitative estimate of drug-likeness (QED) is 0.345. The lowest BCUT2D eigenvalue weighted by Gasteiger charge is -2.16. The maximum atomic E-state index is 13.0. The molecular formula is C23H18O2. The van der Waals surface area contributed by atoms with Gasteiger partial charge in [0.1, 0.15) is 6.10 Å². The second-order valence-corrected chi connectivity index (χ2v) is 6.15. The second kappa shape index (κ2) is 6.40. The predicted octanol–water partition coefficient (Wildman–Crippen LogP) is 5.91. The first-order valence-corrected chi connectivity index (χ1v) is 8.40. The third-order valence-corrected chi connectivity index (χ3v) is 4.53. The zero-order valence-electron chi connectivity index (χ0n) is 14.0. The molecule has 2 heteroatoms. The Morgan fingerprint density at radius 1 is 0.760 bits per heavy atom. The summed E-state index contributed by atoms with van der Waals surface area (Å²) >= 11 is 0. The van der Waals surface area contributed by atoms with Gasteiger partial charge in [-0.3, -0.25) is 0 Å². The van der Waals surface area contributed by atoms with Crippen molar-refractivity contribution in [2.24, 2.45) is 0 Å². The molecule has 122 valence electrons. The van der Waals surface area contributed by atoms with E-state index in [9.17, 15) is 4.79 Å². The standard InChI is InChI=1S/C23H18O2/c1-16(17-9-3-2-4-10-17)25-23(24)22-20-13-7-5-11-18(20)15-19-12-6-8-14-21(19)22/h2-16H,1H3/t16-/m0/s1. The molecule has 4 aromatic carbocycles. The van der Waals surface area contributed by atoms with Crippen LogP contribution in [-0.4, -0.2) is 5.97 Å². The smallest absolute Gasteiger partial charge is 0.339 e. The SMILES string of the molecule is C[C@H](OC(=O)c1c2ccccc2cc2ccccc12)c1ccccc1. The molecule has 0 aliphatic carbocycles. The van der Waals surface area contributed by atoms with E-state index in [0.717, 1.165) is 27.1 Å². The molecule has 0 aromatic heterocycles. The highest BCUT2D eigenvalue weighted by molar-refractivity contribution is 6.16. The Hall–Kier alpha value is -3.13. The van der Waals surface area contributed by atoms with Gasteiger partial charge in [0.25, 0.3) is 0 Å². The average molecular weight is 326 g/mol. The maximum Gasteiger partial charge on any atom is 0.339 e. The van der Waals surface area contributed by atoms with Crippen LogP contribution >= 0.6 is 0 Å². The maximum absolute atomic E-state index is 13.0. The zero-order chi connectivity index (χ0) is 17.2. The first-order chi connectivity index (χ1) is 12.2. The van der Waals surface area contributed by atoms with Crippen LogP contribution in [0.15, 0.2) is 84.9 Å². The summed E-state index contributed by atoms with van der Waals surface area (Å²) in [6, 6.07) is 27.8. The summed E-state index contributed by atoms with van der Waals surface area (Å²) in [6.45, 7) is 1.90. The highest BCUT2D eigenvalue weighted by Crippen LogP contribution is 2.30. The van der Waals surface area contributed by atoms with Gasteiger partial charge in [0, 0.05) is 0 Å². The van der Waals surface area contributed by atoms with Gasteiger partial charge in [0.05, 0.1) is 5.56 Å². The summed E-state index contributed by atoms with van der Waals surface area (Å²) in [5.74, 6) is -0.288. The van der Waals surface area contributed by atoms with Crippen LogP contribution in [0.25, 0.3) is 21.5 Å². The lowest BCUT2D eigenvalue weighted by molar-refractivity contribution is 0.0342. The van der Waals surface area contributed by atoms with E-state index in [1.54, 1.807) is 0 Å². The van der Waals surface area contributed by atoms with E-state index in [1.165, 1.54) is 0 Å². The minimum Gasteiger partial charge on any atom is -0.454 e. The molecule has 4 aromatic rings. The van der Waals surface area contributed by atoms with Crippen molar-refractivity contribution >= 4 is 27.5 Å². The molecule has 25 heavy (non-hydrogen) atoms. The van der Waals surface area contributed by atoms with Crippen LogP contribution in [0.3, 0.4) is 0 Å². The number of esters is 1. The third-order valence-electron chi connectivity index (χ3n) is 4.53. The Labute approximate surface area is 146 Å². The van der Waals surface area contributed by atoms with Gasteiger partial charge < -0.3 is 4.74 Å². The minimum absolute atomic E-state index is 0.288. The van der Waals surface area contributed by atoms with E-state index in [-0.39, 0.29) is 12.1 Å². The molecular weight excluding hydrogens is 308 g/mol. The number of hydrogen-bond donors (Lipinski definition) is 0. The first-order valence-electron chi connectivity index (χ1n) is 8.40. The highest BCUT2D eigenvalue weighted by Gasteiger charge is 2.19. The van der Waals surface area contributed by atoms with Gasteiger partial charge >= 0.3 is 5.97 Å². The summed E-state index contributed by atoms with van der Waals surface area (Å²) in [4.78, 5) is 13.0. The average Bonchev–Trinajstić information content (AvgIpc) is 2.66. The summed E-state index contributed by atoms with van der Waals surface area (Å²) in [5.41, 5.74) is 1.62. The van der Waals surface area contributed by atoms with Crippen LogP contribution in [-0.2, 0) is 4.74 Å². The fourth-order valence-corrected chi connectivity index (χ4v) is 3.25. The van der Waals surface area contributed by atoms with Crippen molar-refractivity contribution in [3.63, 3.8) is 0 Å². The van der Waals surface area contributed by atoms with E-state index in [1.807, 2.05) is 85.8 Å². The zero-order valence-corrected chi connectivity index (χ0v) is 14.0. The van der Waals surface area contributed by atoms with Crippen molar-refractivity contribution in [1.82, 2.24) is 0 Å². The van der Waals surface area contributed by atoms with Crippen molar-refractivity contribution in [2.75, 3.05) is 0 Å². The van der Waals surface area contributed by atoms with Crippen LogP contribution in [0.4, 0.5) is 0 Å². The van der Waals surface area contributed by atoms with E-state index < -0.39 is 0 Å². The topological polar surface area (TPSA) is 26.3 Å². The van der Waals surface area contributed by atoms with Crippen LogP contribution in [0.2, 0.25) is 0 Å². The van der Waals surface area contributed by atoms with Crippen molar-refractivity contribution in [3.05, 3.63) is 96.1 Å². The van der Waals surface area contributed by atoms with Gasteiger partial charge in [0.2, 0.25) is 0 Å². The molecule has 4 rings (SSSR count). The molecule has 0 aliphatic rings. The fraction of sp³-hybridized carbons (Fsp3) is 0.0870. The molecule has 0 fully saturated rings. The molecule has 0 heterocycles. The van der Waals surface area contributed by atoms with Gasteiger partial charge in [-0.1, -0.05) is 78.9 Å². The number of fused-ring (bicyclic) bond motifs is 2. The summed E-state index contributed by atoms with van der Waals surface area (Å²) in [6.07, 6.45) is -0.300. The molecule has 0 radical (unpaired) electrons. The predicted molar refractivity (Wildman–Crippen MR) is 102 cm³/mol. The van der Waals surface area contributed by atoms with Crippen LogP contribution in [0, 0.1) is 0 Å². The number of hydrogen-bond acceptors (Lipinski definition) is 2. The number of ether oxygens (including phenoxy) is 1. The highest BCUT2D eigenvalue weighted by atomic mass is 16.5. The molecule has 0 amide bonds. The normalized spacial score (nSPS) is 12.2. The van der Waals surface area contributed by atoms with Crippen molar-refractivity contribution < 1.29 is 9.53 Å². The van der Waals surface area contributed by atoms with Gasteiger partial charge in [-0.05, 0) is 40.1 Å². The third kappa shape index (κ3) is 2.87.